The van der Waals surface area contributed by atoms with Crippen LogP contribution < -0.4 is 5.32 Å². The van der Waals surface area contributed by atoms with Gasteiger partial charge >= 0.3 is 0 Å². The van der Waals surface area contributed by atoms with E-state index in [2.05, 4.69) is 41.4 Å². The van der Waals surface area contributed by atoms with Gasteiger partial charge in [-0.1, -0.05) is 37.6 Å². The molecule has 28 heavy (non-hydrogen) atoms. The predicted molar refractivity (Wildman–Crippen MR) is 112 cm³/mol. The van der Waals surface area contributed by atoms with Crippen LogP contribution in [-0.2, 0) is 13.0 Å². The molecule has 1 N–H and O–H groups in total. The minimum Gasteiger partial charge on any atom is -0.312 e. The van der Waals surface area contributed by atoms with Crippen LogP contribution in [0, 0.1) is 11.7 Å². The molecule has 1 fully saturated rings. The van der Waals surface area contributed by atoms with Crippen molar-refractivity contribution in [2.24, 2.45) is 5.92 Å². The molecule has 2 aromatic rings. The first-order chi connectivity index (χ1) is 13.7. The highest BCUT2D eigenvalue weighted by Gasteiger charge is 2.21. The maximum absolute atomic E-state index is 13.0. The van der Waals surface area contributed by atoms with Crippen molar-refractivity contribution in [3.05, 3.63) is 71.0 Å². The summed E-state index contributed by atoms with van der Waals surface area (Å²) in [5.41, 5.74) is 3.45. The minimum atomic E-state index is -0.304. The number of nitrogens with zero attached hydrogens (tertiary/aromatic N) is 1. The van der Waals surface area contributed by atoms with E-state index < -0.39 is 0 Å². The fourth-order valence-corrected chi connectivity index (χ4v) is 3.93. The van der Waals surface area contributed by atoms with Crippen LogP contribution in [-0.4, -0.2) is 36.9 Å². The average molecular weight is 383 g/mol. The fourth-order valence-electron chi connectivity index (χ4n) is 3.93. The van der Waals surface area contributed by atoms with Gasteiger partial charge in [0.15, 0.2) is 5.78 Å². The van der Waals surface area contributed by atoms with Gasteiger partial charge in [0, 0.05) is 12.1 Å². The summed E-state index contributed by atoms with van der Waals surface area (Å²) >= 11 is 0. The zero-order chi connectivity index (χ0) is 19.8. The molecule has 0 unspecified atom stereocenters. The summed E-state index contributed by atoms with van der Waals surface area (Å²) < 4.78 is 13.0. The maximum atomic E-state index is 13.0. The summed E-state index contributed by atoms with van der Waals surface area (Å²) in [4.78, 5) is 14.6. The van der Waals surface area contributed by atoms with E-state index in [0.29, 0.717) is 18.0 Å². The van der Waals surface area contributed by atoms with E-state index in [0.717, 1.165) is 45.4 Å². The number of hydrogen-bond acceptors (Lipinski definition) is 3. The smallest absolute Gasteiger partial charge is 0.176 e. The molecule has 150 valence electrons. The van der Waals surface area contributed by atoms with Crippen molar-refractivity contribution in [3.8, 4) is 0 Å². The first-order valence-electron chi connectivity index (χ1n) is 10.4. The topological polar surface area (TPSA) is 32.3 Å². The summed E-state index contributed by atoms with van der Waals surface area (Å²) in [6.45, 7) is 6.51. The highest BCUT2D eigenvalue weighted by molar-refractivity contribution is 5.97. The van der Waals surface area contributed by atoms with E-state index in [1.54, 1.807) is 12.1 Å². The van der Waals surface area contributed by atoms with Crippen LogP contribution >= 0.6 is 0 Å². The van der Waals surface area contributed by atoms with Gasteiger partial charge in [-0.25, -0.2) is 4.39 Å². The second kappa shape index (κ2) is 10.5. The SMILES string of the molecule is CCCc1ccccc1CNCC1CCN(CC(=O)c2ccc(F)cc2)CC1. The third kappa shape index (κ3) is 5.98. The maximum Gasteiger partial charge on any atom is 0.176 e. The largest absolute Gasteiger partial charge is 0.312 e. The second-order valence-corrected chi connectivity index (χ2v) is 7.80. The molecule has 0 amide bonds. The molecule has 0 radical (unpaired) electrons. The number of carbonyl (C=O) groups excluding carboxylic acids is 1. The third-order valence-corrected chi connectivity index (χ3v) is 5.63. The Morgan fingerprint density at radius 3 is 2.43 bits per heavy atom. The number of likely N-dealkylation sites (tertiary alicyclic amines) is 1. The van der Waals surface area contributed by atoms with Crippen molar-refractivity contribution in [3.63, 3.8) is 0 Å². The van der Waals surface area contributed by atoms with Crippen molar-refractivity contribution >= 4 is 5.78 Å². The Balaban J connectivity index is 1.38. The minimum absolute atomic E-state index is 0.0732. The summed E-state index contributed by atoms with van der Waals surface area (Å²) in [7, 11) is 0. The van der Waals surface area contributed by atoms with Gasteiger partial charge in [0.1, 0.15) is 5.82 Å². The van der Waals surface area contributed by atoms with Gasteiger partial charge in [-0.2, -0.15) is 0 Å². The number of benzene rings is 2. The van der Waals surface area contributed by atoms with E-state index in [1.165, 1.54) is 29.7 Å². The number of nitrogens with one attached hydrogen (secondary N) is 1. The Morgan fingerprint density at radius 2 is 1.75 bits per heavy atom. The van der Waals surface area contributed by atoms with Gasteiger partial charge in [-0.3, -0.25) is 9.69 Å². The van der Waals surface area contributed by atoms with Crippen molar-refractivity contribution in [1.82, 2.24) is 10.2 Å². The molecule has 2 aromatic carbocycles. The van der Waals surface area contributed by atoms with Crippen molar-refractivity contribution in [1.29, 1.82) is 0 Å². The van der Waals surface area contributed by atoms with Crippen molar-refractivity contribution in [2.45, 2.75) is 39.2 Å². The summed E-state index contributed by atoms with van der Waals surface area (Å²) in [6.07, 6.45) is 4.53. The number of ketones is 1. The number of aryl methyl sites for hydroxylation is 1. The lowest BCUT2D eigenvalue weighted by molar-refractivity contribution is 0.0895. The first-order valence-corrected chi connectivity index (χ1v) is 10.4. The van der Waals surface area contributed by atoms with E-state index in [4.69, 9.17) is 0 Å². The van der Waals surface area contributed by atoms with Gasteiger partial charge in [0.2, 0.25) is 0 Å². The monoisotopic (exact) mass is 382 g/mol. The van der Waals surface area contributed by atoms with Gasteiger partial charge in [0.25, 0.3) is 0 Å². The number of Topliss-reactive ketones (excluding diaryl/α,β-unsaturated/α-hetero) is 1. The van der Waals surface area contributed by atoms with Crippen LogP contribution in [0.2, 0.25) is 0 Å². The molecular weight excluding hydrogens is 351 g/mol. The van der Waals surface area contributed by atoms with Crippen molar-refractivity contribution < 1.29 is 9.18 Å². The molecule has 0 aromatic heterocycles. The highest BCUT2D eigenvalue weighted by Crippen LogP contribution is 2.18. The number of halogens is 1. The number of rotatable bonds is 9. The van der Waals surface area contributed by atoms with Crippen LogP contribution in [0.1, 0.15) is 47.7 Å². The molecule has 1 heterocycles. The Bertz CT molecular complexity index is 751. The van der Waals surface area contributed by atoms with Gasteiger partial charge in [-0.05, 0) is 80.2 Å². The number of carbonyl (C=O) groups is 1. The van der Waals surface area contributed by atoms with E-state index >= 15 is 0 Å². The third-order valence-electron chi connectivity index (χ3n) is 5.63. The molecular formula is C24H31FN2O. The quantitative estimate of drug-likeness (QED) is 0.650. The molecule has 0 atom stereocenters. The Kier molecular flexibility index (Phi) is 7.75. The number of hydrogen-bond donors (Lipinski definition) is 1. The molecule has 3 nitrogen and oxygen atoms in total. The first kappa shape index (κ1) is 20.7. The molecule has 1 aliphatic heterocycles. The summed E-state index contributed by atoms with van der Waals surface area (Å²) in [5, 5.41) is 3.64. The number of piperidine rings is 1. The van der Waals surface area contributed by atoms with E-state index in [9.17, 15) is 9.18 Å². The lowest BCUT2D eigenvalue weighted by Crippen LogP contribution is -2.39. The average Bonchev–Trinajstić information content (AvgIpc) is 2.71. The van der Waals surface area contributed by atoms with E-state index in [-0.39, 0.29) is 11.6 Å². The second-order valence-electron chi connectivity index (χ2n) is 7.80. The Hall–Kier alpha value is -2.04. The van der Waals surface area contributed by atoms with Crippen molar-refractivity contribution in [2.75, 3.05) is 26.2 Å². The molecule has 0 aliphatic carbocycles. The molecule has 4 heteroatoms. The summed E-state index contributed by atoms with van der Waals surface area (Å²) in [5.74, 6) is 0.432. The van der Waals surface area contributed by atoms with E-state index in [1.807, 2.05) is 0 Å². The molecule has 0 spiro atoms. The fraction of sp³-hybridized carbons (Fsp3) is 0.458. The Morgan fingerprint density at radius 1 is 1.07 bits per heavy atom. The molecule has 1 saturated heterocycles. The molecule has 3 rings (SSSR count). The zero-order valence-electron chi connectivity index (χ0n) is 16.8. The van der Waals surface area contributed by atoms with Gasteiger partial charge < -0.3 is 5.32 Å². The zero-order valence-corrected chi connectivity index (χ0v) is 16.8. The van der Waals surface area contributed by atoms with Crippen LogP contribution in [0.3, 0.4) is 0 Å². The molecule has 0 saturated carbocycles. The Labute approximate surface area is 167 Å². The van der Waals surface area contributed by atoms with Crippen LogP contribution in [0.15, 0.2) is 48.5 Å². The lowest BCUT2D eigenvalue weighted by atomic mass is 9.96. The van der Waals surface area contributed by atoms with Crippen LogP contribution in [0.5, 0.6) is 0 Å². The lowest BCUT2D eigenvalue weighted by Gasteiger charge is -2.31. The van der Waals surface area contributed by atoms with Gasteiger partial charge in [0.05, 0.1) is 6.54 Å². The highest BCUT2D eigenvalue weighted by atomic mass is 19.1. The molecule has 1 aliphatic rings. The van der Waals surface area contributed by atoms with Crippen LogP contribution in [0.4, 0.5) is 4.39 Å². The van der Waals surface area contributed by atoms with Gasteiger partial charge in [-0.15, -0.1) is 0 Å². The molecule has 0 bridgehead atoms. The summed E-state index contributed by atoms with van der Waals surface area (Å²) in [6, 6.07) is 14.5. The predicted octanol–water partition coefficient (Wildman–Crippen LogP) is 4.46. The standard InChI is InChI=1S/C24H31FN2O/c1-2-5-20-6-3-4-7-22(20)17-26-16-19-12-14-27(15-13-19)18-24(28)21-8-10-23(25)11-9-21/h3-4,6-11,19,26H,2,5,12-18H2,1H3. The normalized spacial score (nSPS) is 15.6. The van der Waals surface area contributed by atoms with Crippen LogP contribution in [0.25, 0.3) is 0 Å².